The third-order valence-electron chi connectivity index (χ3n) is 3.70. The largest absolute Gasteiger partial charge is 0.493 e. The van der Waals surface area contributed by atoms with Crippen LogP contribution >= 0.6 is 0 Å². The normalized spacial score (nSPS) is 11.2. The van der Waals surface area contributed by atoms with Crippen LogP contribution in [0.4, 0.5) is 0 Å². The lowest BCUT2D eigenvalue weighted by molar-refractivity contribution is 0.355. The predicted molar refractivity (Wildman–Crippen MR) is 92.0 cm³/mol. The first-order valence-corrected chi connectivity index (χ1v) is 8.71. The molecule has 0 radical (unpaired) electrons. The van der Waals surface area contributed by atoms with Crippen LogP contribution in [-0.4, -0.2) is 26.6 Å². The van der Waals surface area contributed by atoms with Crippen molar-refractivity contribution in [2.24, 2.45) is 0 Å². The van der Waals surface area contributed by atoms with Gasteiger partial charge in [-0.15, -0.1) is 0 Å². The summed E-state index contributed by atoms with van der Waals surface area (Å²) in [6.45, 7) is 0. The van der Waals surface area contributed by atoms with Crippen LogP contribution in [0.3, 0.4) is 0 Å². The van der Waals surface area contributed by atoms with Gasteiger partial charge in [-0.2, -0.15) is 0 Å². The molecule has 6 heteroatoms. The zero-order valence-corrected chi connectivity index (χ0v) is 14.2. The molecular formula is C18H17NO4S. The van der Waals surface area contributed by atoms with Crippen molar-refractivity contribution in [3.63, 3.8) is 0 Å². The molecule has 0 N–H and O–H groups in total. The maximum Gasteiger partial charge on any atom is 0.267 e. The third kappa shape index (κ3) is 2.88. The van der Waals surface area contributed by atoms with Crippen LogP contribution in [0.25, 0.3) is 11.1 Å². The molecule has 0 saturated heterocycles. The van der Waals surface area contributed by atoms with Gasteiger partial charge in [-0.25, -0.2) is 12.4 Å². The van der Waals surface area contributed by atoms with E-state index in [1.807, 2.05) is 12.1 Å². The summed E-state index contributed by atoms with van der Waals surface area (Å²) in [6, 6.07) is 15.5. The Hall–Kier alpha value is -2.73. The van der Waals surface area contributed by atoms with Crippen LogP contribution in [0.15, 0.2) is 71.9 Å². The minimum atomic E-state index is -3.59. The van der Waals surface area contributed by atoms with Crippen LogP contribution < -0.4 is 9.47 Å². The van der Waals surface area contributed by atoms with Gasteiger partial charge in [0.15, 0.2) is 11.5 Å². The fourth-order valence-electron chi connectivity index (χ4n) is 2.43. The van der Waals surface area contributed by atoms with Gasteiger partial charge in [0.25, 0.3) is 10.0 Å². The summed E-state index contributed by atoms with van der Waals surface area (Å²) >= 11 is 0. The summed E-state index contributed by atoms with van der Waals surface area (Å²) in [6.07, 6.45) is 3.12. The number of ether oxygens (including phenoxy) is 2. The van der Waals surface area contributed by atoms with Crippen molar-refractivity contribution < 1.29 is 17.9 Å². The Balaban J connectivity index is 2.00. The zero-order chi connectivity index (χ0) is 17.2. The van der Waals surface area contributed by atoms with Gasteiger partial charge in [0.2, 0.25) is 0 Å². The van der Waals surface area contributed by atoms with E-state index in [0.29, 0.717) is 11.5 Å². The topological polar surface area (TPSA) is 57.5 Å². The Morgan fingerprint density at radius 2 is 1.54 bits per heavy atom. The van der Waals surface area contributed by atoms with E-state index >= 15 is 0 Å². The lowest BCUT2D eigenvalue weighted by Crippen LogP contribution is -2.10. The van der Waals surface area contributed by atoms with Gasteiger partial charge in [0, 0.05) is 18.0 Å². The van der Waals surface area contributed by atoms with Crippen LogP contribution in [0.2, 0.25) is 0 Å². The Bertz CT molecular complexity index is 946. The molecule has 0 fully saturated rings. The van der Waals surface area contributed by atoms with Gasteiger partial charge in [-0.05, 0) is 35.9 Å². The predicted octanol–water partition coefficient (Wildman–Crippen LogP) is 3.41. The number of benzene rings is 2. The SMILES string of the molecule is COc1ccc(-c2ccn(S(=O)(=O)c3ccccc3)c2)cc1OC. The quantitative estimate of drug-likeness (QED) is 0.712. The Morgan fingerprint density at radius 3 is 2.21 bits per heavy atom. The summed E-state index contributed by atoms with van der Waals surface area (Å²) in [5.74, 6) is 1.21. The number of methoxy groups -OCH3 is 2. The van der Waals surface area contributed by atoms with Crippen molar-refractivity contribution in [3.05, 3.63) is 67.0 Å². The zero-order valence-electron chi connectivity index (χ0n) is 13.3. The van der Waals surface area contributed by atoms with E-state index in [4.69, 9.17) is 9.47 Å². The van der Waals surface area contributed by atoms with Gasteiger partial charge >= 0.3 is 0 Å². The molecule has 3 rings (SSSR count). The molecule has 3 aromatic rings. The molecule has 0 spiro atoms. The van der Waals surface area contributed by atoms with Gasteiger partial charge in [-0.1, -0.05) is 24.3 Å². The maximum atomic E-state index is 12.6. The minimum absolute atomic E-state index is 0.250. The van der Waals surface area contributed by atoms with Gasteiger partial charge in [0.1, 0.15) is 0 Å². The second-order valence-corrected chi connectivity index (χ2v) is 6.96. The highest BCUT2D eigenvalue weighted by Gasteiger charge is 2.17. The molecule has 5 nitrogen and oxygen atoms in total. The molecule has 124 valence electrons. The lowest BCUT2D eigenvalue weighted by atomic mass is 10.1. The standard InChI is InChI=1S/C18H17NO4S/c1-22-17-9-8-14(12-18(17)23-2)15-10-11-19(13-15)24(20,21)16-6-4-3-5-7-16/h3-13H,1-2H3. The van der Waals surface area contributed by atoms with E-state index in [9.17, 15) is 8.42 Å². The molecule has 0 saturated carbocycles. The molecule has 0 aliphatic heterocycles. The fraction of sp³-hybridized carbons (Fsp3) is 0.111. The van der Waals surface area contributed by atoms with Gasteiger partial charge in [0.05, 0.1) is 19.1 Å². The lowest BCUT2D eigenvalue weighted by Gasteiger charge is -2.09. The average molecular weight is 343 g/mol. The fourth-order valence-corrected chi connectivity index (χ4v) is 3.65. The van der Waals surface area contributed by atoms with Crippen molar-refractivity contribution in [2.75, 3.05) is 14.2 Å². The third-order valence-corrected chi connectivity index (χ3v) is 5.35. The van der Waals surface area contributed by atoms with Crippen LogP contribution in [-0.2, 0) is 10.0 Å². The van der Waals surface area contributed by atoms with Crippen molar-refractivity contribution in [1.29, 1.82) is 0 Å². The van der Waals surface area contributed by atoms with Crippen molar-refractivity contribution >= 4 is 10.0 Å². The number of rotatable bonds is 5. The molecule has 0 amide bonds. The number of hydrogen-bond acceptors (Lipinski definition) is 4. The van der Waals surface area contributed by atoms with E-state index in [2.05, 4.69) is 0 Å². The van der Waals surface area contributed by atoms with Crippen molar-refractivity contribution in [1.82, 2.24) is 3.97 Å². The van der Waals surface area contributed by atoms with E-state index in [1.54, 1.807) is 62.9 Å². The van der Waals surface area contributed by atoms with Gasteiger partial charge < -0.3 is 9.47 Å². The number of hydrogen-bond donors (Lipinski definition) is 0. The minimum Gasteiger partial charge on any atom is -0.493 e. The monoisotopic (exact) mass is 343 g/mol. The second-order valence-electron chi connectivity index (χ2n) is 5.12. The van der Waals surface area contributed by atoms with E-state index in [1.165, 1.54) is 10.2 Å². The summed E-state index contributed by atoms with van der Waals surface area (Å²) < 4.78 is 37.0. The molecule has 2 aromatic carbocycles. The first-order chi connectivity index (χ1) is 11.6. The van der Waals surface area contributed by atoms with Gasteiger partial charge in [-0.3, -0.25) is 0 Å². The summed E-state index contributed by atoms with van der Waals surface area (Å²) in [7, 11) is -0.462. The Labute approximate surface area is 141 Å². The number of aromatic nitrogens is 1. The van der Waals surface area contributed by atoms with E-state index in [0.717, 1.165) is 11.1 Å². The average Bonchev–Trinajstić information content (AvgIpc) is 3.13. The van der Waals surface area contributed by atoms with Crippen molar-refractivity contribution in [3.8, 4) is 22.6 Å². The molecule has 0 unspecified atom stereocenters. The Morgan fingerprint density at radius 1 is 0.833 bits per heavy atom. The van der Waals surface area contributed by atoms with E-state index in [-0.39, 0.29) is 4.90 Å². The highest BCUT2D eigenvalue weighted by Crippen LogP contribution is 2.32. The molecule has 0 bridgehead atoms. The molecule has 0 aliphatic carbocycles. The molecule has 0 aliphatic rings. The Kier molecular flexibility index (Phi) is 4.31. The molecule has 1 heterocycles. The number of nitrogens with zero attached hydrogens (tertiary/aromatic N) is 1. The highest BCUT2D eigenvalue weighted by molar-refractivity contribution is 7.90. The smallest absolute Gasteiger partial charge is 0.267 e. The maximum absolute atomic E-state index is 12.6. The molecule has 0 atom stereocenters. The summed E-state index contributed by atoms with van der Waals surface area (Å²) in [4.78, 5) is 0.250. The summed E-state index contributed by atoms with van der Waals surface area (Å²) in [5, 5.41) is 0. The summed E-state index contributed by atoms with van der Waals surface area (Å²) in [5.41, 5.74) is 1.62. The first-order valence-electron chi connectivity index (χ1n) is 7.27. The highest BCUT2D eigenvalue weighted by atomic mass is 32.2. The van der Waals surface area contributed by atoms with Crippen LogP contribution in [0.5, 0.6) is 11.5 Å². The molecular weight excluding hydrogens is 326 g/mol. The first kappa shape index (κ1) is 16.1. The van der Waals surface area contributed by atoms with E-state index < -0.39 is 10.0 Å². The molecule has 24 heavy (non-hydrogen) atoms. The van der Waals surface area contributed by atoms with Crippen LogP contribution in [0, 0.1) is 0 Å². The molecule has 1 aromatic heterocycles. The van der Waals surface area contributed by atoms with Crippen LogP contribution in [0.1, 0.15) is 0 Å². The second kappa shape index (κ2) is 6.41. The van der Waals surface area contributed by atoms with Crippen molar-refractivity contribution in [2.45, 2.75) is 4.90 Å².